The lowest BCUT2D eigenvalue weighted by Gasteiger charge is -2.32. The molecule has 0 heterocycles. The summed E-state index contributed by atoms with van der Waals surface area (Å²) in [7, 11) is 0. The molecule has 0 amide bonds. The van der Waals surface area contributed by atoms with Crippen molar-refractivity contribution in [2.75, 3.05) is 19.8 Å². The van der Waals surface area contributed by atoms with Crippen LogP contribution < -0.4 is 0 Å². The van der Waals surface area contributed by atoms with Crippen LogP contribution in [0.2, 0.25) is 0 Å². The van der Waals surface area contributed by atoms with Crippen LogP contribution in [-0.2, 0) is 9.47 Å². The van der Waals surface area contributed by atoms with Crippen LogP contribution in [-0.4, -0.2) is 44.0 Å². The number of alkyl halides is 9. The lowest BCUT2D eigenvalue weighted by Crippen LogP contribution is -2.61. The SMILES string of the molecule is CCCCOCCCC.CCOC(F)(F)C(F)(F)C(F)(F)C(F)(F)F.F. The summed E-state index contributed by atoms with van der Waals surface area (Å²) in [5.74, 6) is -13.6. The highest BCUT2D eigenvalue weighted by Crippen LogP contribution is 2.53. The summed E-state index contributed by atoms with van der Waals surface area (Å²) in [5.41, 5.74) is 0. The quantitative estimate of drug-likeness (QED) is 0.313. The molecular weight excluding hydrogens is 390 g/mol. The fraction of sp³-hybridized carbons (Fsp3) is 1.00. The second-order valence-electron chi connectivity index (χ2n) is 4.92. The number of ether oxygens (including phenoxy) is 2. The molecule has 0 aromatic rings. The molecule has 0 aromatic carbocycles. The van der Waals surface area contributed by atoms with E-state index in [2.05, 4.69) is 18.6 Å². The molecule has 0 saturated carbocycles. The van der Waals surface area contributed by atoms with Crippen molar-refractivity contribution in [1.82, 2.24) is 0 Å². The minimum atomic E-state index is -6.89. The zero-order valence-electron chi connectivity index (χ0n) is 14.6. The molecule has 0 radical (unpaired) electrons. The van der Waals surface area contributed by atoms with E-state index in [1.165, 1.54) is 25.7 Å². The van der Waals surface area contributed by atoms with Crippen molar-refractivity contribution in [1.29, 1.82) is 0 Å². The Hall–Kier alpha value is -0.780. The van der Waals surface area contributed by atoms with Crippen molar-refractivity contribution in [2.24, 2.45) is 0 Å². The van der Waals surface area contributed by atoms with Crippen LogP contribution in [0, 0.1) is 0 Å². The Labute approximate surface area is 145 Å². The van der Waals surface area contributed by atoms with Crippen molar-refractivity contribution in [3.63, 3.8) is 0 Å². The van der Waals surface area contributed by atoms with Gasteiger partial charge in [0.1, 0.15) is 0 Å². The highest BCUT2D eigenvalue weighted by atomic mass is 19.4. The number of unbranched alkanes of at least 4 members (excludes halogenated alkanes) is 2. The summed E-state index contributed by atoms with van der Waals surface area (Å²) >= 11 is 0. The number of hydrogen-bond acceptors (Lipinski definition) is 2. The van der Waals surface area contributed by atoms with Crippen molar-refractivity contribution in [3.8, 4) is 0 Å². The summed E-state index contributed by atoms with van der Waals surface area (Å²) < 4.78 is 116. The zero-order valence-corrected chi connectivity index (χ0v) is 14.6. The zero-order chi connectivity index (χ0) is 20.4. The van der Waals surface area contributed by atoms with Gasteiger partial charge in [-0.05, 0) is 19.8 Å². The summed E-state index contributed by atoms with van der Waals surface area (Å²) in [5, 5.41) is 0. The Morgan fingerprint density at radius 1 is 0.654 bits per heavy atom. The molecule has 26 heavy (non-hydrogen) atoms. The molecule has 0 unspecified atom stereocenters. The molecule has 12 heteroatoms. The van der Waals surface area contributed by atoms with Gasteiger partial charge in [0.15, 0.2) is 0 Å². The minimum absolute atomic E-state index is 0. The lowest BCUT2D eigenvalue weighted by atomic mass is 10.1. The first-order valence-electron chi connectivity index (χ1n) is 7.64. The molecule has 0 N–H and O–H groups in total. The third kappa shape index (κ3) is 8.74. The maximum absolute atomic E-state index is 12.3. The first-order valence-corrected chi connectivity index (χ1v) is 7.64. The Morgan fingerprint density at radius 2 is 1.04 bits per heavy atom. The highest BCUT2D eigenvalue weighted by Gasteiger charge is 2.82. The summed E-state index contributed by atoms with van der Waals surface area (Å²) in [6, 6.07) is 0. The molecule has 162 valence electrons. The number of hydrogen-bond donors (Lipinski definition) is 0. The first kappa shape index (κ1) is 30.0. The van der Waals surface area contributed by atoms with Gasteiger partial charge in [0.25, 0.3) is 0 Å². The van der Waals surface area contributed by atoms with Crippen LogP contribution in [0.15, 0.2) is 0 Å². The standard InChI is InChI=1S/C8H18O.C6H5F9O.FH/c1-3-5-7-9-8-6-4-2;1-2-16-6(14,15)4(9,10)3(7,8)5(11,12)13;/h3-8H2,1-2H3;2H2,1H3;1H. The predicted octanol–water partition coefficient (Wildman–Crippen LogP) is 6.20. The normalized spacial score (nSPS) is 12.9. The molecule has 0 atom stereocenters. The lowest BCUT2D eigenvalue weighted by molar-refractivity contribution is -0.443. The highest BCUT2D eigenvalue weighted by molar-refractivity contribution is 4.96. The van der Waals surface area contributed by atoms with Crippen LogP contribution >= 0.6 is 0 Å². The van der Waals surface area contributed by atoms with Gasteiger partial charge in [0.05, 0.1) is 6.61 Å². The fourth-order valence-corrected chi connectivity index (χ4v) is 1.23. The van der Waals surface area contributed by atoms with Gasteiger partial charge in [0, 0.05) is 13.2 Å². The van der Waals surface area contributed by atoms with E-state index in [0.717, 1.165) is 20.1 Å². The summed E-state index contributed by atoms with van der Waals surface area (Å²) in [6.45, 7) is 5.85. The molecule has 0 bridgehead atoms. The van der Waals surface area contributed by atoms with E-state index >= 15 is 0 Å². The van der Waals surface area contributed by atoms with Crippen molar-refractivity contribution in [2.45, 2.75) is 70.6 Å². The third-order valence-electron chi connectivity index (χ3n) is 2.73. The topological polar surface area (TPSA) is 18.5 Å². The van der Waals surface area contributed by atoms with Crippen LogP contribution in [0.25, 0.3) is 0 Å². The molecule has 0 saturated heterocycles. The number of rotatable bonds is 10. The Morgan fingerprint density at radius 3 is 1.31 bits per heavy atom. The van der Waals surface area contributed by atoms with Gasteiger partial charge in [-0.2, -0.15) is 39.5 Å². The molecule has 0 spiro atoms. The molecule has 0 aliphatic rings. The van der Waals surface area contributed by atoms with Gasteiger partial charge in [-0.1, -0.05) is 26.7 Å². The second kappa shape index (κ2) is 12.6. The maximum atomic E-state index is 12.3. The van der Waals surface area contributed by atoms with E-state index in [1.807, 2.05) is 0 Å². The average molecular weight is 414 g/mol. The minimum Gasteiger partial charge on any atom is -0.381 e. The smallest absolute Gasteiger partial charge is 0.381 e. The van der Waals surface area contributed by atoms with Gasteiger partial charge in [-0.3, -0.25) is 4.70 Å². The number of halogens is 10. The van der Waals surface area contributed by atoms with Crippen molar-refractivity contribution < 1.29 is 53.7 Å². The van der Waals surface area contributed by atoms with E-state index in [-0.39, 0.29) is 4.70 Å². The third-order valence-corrected chi connectivity index (χ3v) is 2.73. The van der Waals surface area contributed by atoms with Crippen molar-refractivity contribution in [3.05, 3.63) is 0 Å². The second-order valence-corrected chi connectivity index (χ2v) is 4.92. The van der Waals surface area contributed by atoms with Crippen molar-refractivity contribution >= 4 is 0 Å². The molecule has 0 fully saturated rings. The van der Waals surface area contributed by atoms with E-state index < -0.39 is 30.7 Å². The fourth-order valence-electron chi connectivity index (χ4n) is 1.23. The molecule has 0 rings (SSSR count). The molecule has 2 nitrogen and oxygen atoms in total. The van der Waals surface area contributed by atoms with Crippen LogP contribution in [0.4, 0.5) is 44.2 Å². The van der Waals surface area contributed by atoms with E-state index in [4.69, 9.17) is 4.74 Å². The Kier molecular flexibility index (Phi) is 14.5. The Bertz CT molecular complexity index is 339. The van der Waals surface area contributed by atoms with Gasteiger partial charge in [-0.15, -0.1) is 0 Å². The Balaban J connectivity index is -0.000000453. The largest absolute Gasteiger partial charge is 0.460 e. The molecule has 0 aromatic heterocycles. The molecular formula is C14H24F10O2. The predicted molar refractivity (Wildman–Crippen MR) is 75.7 cm³/mol. The molecule has 0 aliphatic carbocycles. The molecule has 0 aliphatic heterocycles. The van der Waals surface area contributed by atoms with Gasteiger partial charge >= 0.3 is 24.1 Å². The van der Waals surface area contributed by atoms with Crippen LogP contribution in [0.5, 0.6) is 0 Å². The van der Waals surface area contributed by atoms with Crippen LogP contribution in [0.3, 0.4) is 0 Å². The van der Waals surface area contributed by atoms with Gasteiger partial charge in [0.2, 0.25) is 0 Å². The van der Waals surface area contributed by atoms with Gasteiger partial charge < -0.3 is 9.47 Å². The van der Waals surface area contributed by atoms with Crippen LogP contribution in [0.1, 0.15) is 46.5 Å². The van der Waals surface area contributed by atoms with E-state index in [0.29, 0.717) is 0 Å². The van der Waals surface area contributed by atoms with Gasteiger partial charge in [-0.25, -0.2) is 0 Å². The monoisotopic (exact) mass is 414 g/mol. The van der Waals surface area contributed by atoms with E-state index in [9.17, 15) is 39.5 Å². The average Bonchev–Trinajstić information content (AvgIpc) is 2.46. The summed E-state index contributed by atoms with van der Waals surface area (Å²) in [4.78, 5) is 0. The first-order chi connectivity index (χ1) is 11.2. The summed E-state index contributed by atoms with van der Waals surface area (Å²) in [6.07, 6.45) is -7.82. The maximum Gasteiger partial charge on any atom is 0.460 e. The van der Waals surface area contributed by atoms with E-state index in [1.54, 1.807) is 0 Å².